The van der Waals surface area contributed by atoms with Gasteiger partial charge in [-0.3, -0.25) is 4.99 Å². The third-order valence-corrected chi connectivity index (χ3v) is 5.68. The van der Waals surface area contributed by atoms with Crippen molar-refractivity contribution < 1.29 is 17.9 Å². The number of fused-ring (bicyclic) bond motifs is 1. The number of benzene rings is 2. The summed E-state index contributed by atoms with van der Waals surface area (Å²) < 4.78 is 42.6. The zero-order valence-corrected chi connectivity index (χ0v) is 18.0. The van der Waals surface area contributed by atoms with Crippen molar-refractivity contribution in [2.45, 2.75) is 31.3 Å². The summed E-state index contributed by atoms with van der Waals surface area (Å²) >= 11 is 9.09. The molecule has 29 heavy (non-hydrogen) atoms. The van der Waals surface area contributed by atoms with E-state index in [0.29, 0.717) is 17.2 Å². The molecule has 0 aromatic heterocycles. The Balaban J connectivity index is 1.88. The van der Waals surface area contributed by atoms with Gasteiger partial charge in [-0.15, -0.1) is 13.2 Å². The monoisotopic (exact) mass is 483 g/mol. The first-order chi connectivity index (χ1) is 13.5. The van der Waals surface area contributed by atoms with Crippen LogP contribution in [0.4, 0.5) is 13.2 Å². The highest BCUT2D eigenvalue weighted by atomic mass is 79.9. The van der Waals surface area contributed by atoms with E-state index in [1.165, 1.54) is 12.1 Å². The minimum absolute atomic E-state index is 0.281. The Kier molecular flexibility index (Phi) is 4.66. The molecule has 0 amide bonds. The Labute approximate surface area is 179 Å². The molecule has 4 nitrogen and oxygen atoms in total. The Morgan fingerprint density at radius 3 is 2.45 bits per heavy atom. The third-order valence-electron chi connectivity index (χ3n) is 4.86. The van der Waals surface area contributed by atoms with Gasteiger partial charge in [-0.1, -0.05) is 40.2 Å². The summed E-state index contributed by atoms with van der Waals surface area (Å²) in [7, 11) is 0. The van der Waals surface area contributed by atoms with Crippen molar-refractivity contribution in [3.05, 3.63) is 64.1 Å². The van der Waals surface area contributed by atoms with Crippen molar-refractivity contribution >= 4 is 39.1 Å². The van der Waals surface area contributed by atoms with Crippen molar-refractivity contribution in [2.24, 2.45) is 4.99 Å². The highest BCUT2D eigenvalue weighted by molar-refractivity contribution is 9.10. The van der Waals surface area contributed by atoms with E-state index in [4.69, 9.17) is 17.2 Å². The Hall–Kier alpha value is -2.13. The van der Waals surface area contributed by atoms with Gasteiger partial charge in [0, 0.05) is 4.47 Å². The topological polar surface area (TPSA) is 36.9 Å². The molecule has 9 heteroatoms. The molecule has 0 saturated carbocycles. The van der Waals surface area contributed by atoms with Gasteiger partial charge in [-0.05, 0) is 61.5 Å². The molecule has 1 unspecified atom stereocenters. The minimum atomic E-state index is -4.74. The van der Waals surface area contributed by atoms with E-state index in [0.717, 1.165) is 15.9 Å². The molecule has 0 spiro atoms. The number of ether oxygens (including phenoxy) is 1. The average Bonchev–Trinajstić information content (AvgIpc) is 3.07. The van der Waals surface area contributed by atoms with E-state index in [9.17, 15) is 13.2 Å². The van der Waals surface area contributed by atoms with Crippen LogP contribution in [0.15, 0.2) is 58.0 Å². The summed E-state index contributed by atoms with van der Waals surface area (Å²) in [6.07, 6.45) is -4.74. The second kappa shape index (κ2) is 6.70. The first-order valence-electron chi connectivity index (χ1n) is 8.83. The summed E-state index contributed by atoms with van der Waals surface area (Å²) in [5, 5.41) is 3.91. The molecule has 1 saturated heterocycles. The van der Waals surface area contributed by atoms with Crippen LogP contribution in [0.5, 0.6) is 5.75 Å². The van der Waals surface area contributed by atoms with Crippen LogP contribution >= 0.6 is 28.1 Å². The van der Waals surface area contributed by atoms with E-state index in [2.05, 4.69) is 26.0 Å². The number of nitrogens with zero attached hydrogens (tertiary/aromatic N) is 2. The quantitative estimate of drug-likeness (QED) is 0.625. The molecule has 0 radical (unpaired) electrons. The molecule has 2 aliphatic rings. The van der Waals surface area contributed by atoms with Crippen molar-refractivity contribution in [2.75, 3.05) is 6.54 Å². The average molecular weight is 484 g/mol. The summed E-state index contributed by atoms with van der Waals surface area (Å²) in [6, 6.07) is 13.5. The lowest BCUT2D eigenvalue weighted by Gasteiger charge is -2.31. The Morgan fingerprint density at radius 2 is 1.83 bits per heavy atom. The van der Waals surface area contributed by atoms with Gasteiger partial charge in [0.05, 0.1) is 12.1 Å². The van der Waals surface area contributed by atoms with Crippen LogP contribution in [-0.4, -0.2) is 34.3 Å². The SMILES string of the molecule is CC1(C)CN2C(=S)NC(c3ccc(OC(F)(F)F)cc3)(c3cccc(Br)c3)C2=N1. The van der Waals surface area contributed by atoms with Crippen LogP contribution in [0.3, 0.4) is 0 Å². The molecule has 1 N–H and O–H groups in total. The molecule has 0 aliphatic carbocycles. The predicted octanol–water partition coefficient (Wildman–Crippen LogP) is 4.97. The van der Waals surface area contributed by atoms with E-state index in [1.807, 2.05) is 43.0 Å². The molecule has 2 aliphatic heterocycles. The lowest BCUT2D eigenvalue weighted by Crippen LogP contribution is -2.45. The third kappa shape index (κ3) is 3.61. The lowest BCUT2D eigenvalue weighted by molar-refractivity contribution is -0.274. The van der Waals surface area contributed by atoms with Gasteiger partial charge in [0.2, 0.25) is 0 Å². The summed E-state index contributed by atoms with van der Waals surface area (Å²) in [5.41, 5.74) is 0.341. The number of hydrogen-bond donors (Lipinski definition) is 1. The number of hydrogen-bond acceptors (Lipinski definition) is 3. The molecule has 2 heterocycles. The highest BCUT2D eigenvalue weighted by Gasteiger charge is 2.54. The van der Waals surface area contributed by atoms with Crippen LogP contribution in [0.25, 0.3) is 0 Å². The van der Waals surface area contributed by atoms with Crippen LogP contribution in [0, 0.1) is 0 Å². The molecule has 2 aromatic carbocycles. The summed E-state index contributed by atoms with van der Waals surface area (Å²) in [5.74, 6) is 0.451. The molecule has 4 rings (SSSR count). The van der Waals surface area contributed by atoms with Gasteiger partial charge in [-0.2, -0.15) is 0 Å². The van der Waals surface area contributed by atoms with Crippen LogP contribution in [-0.2, 0) is 5.54 Å². The summed E-state index contributed by atoms with van der Waals surface area (Å²) in [6.45, 7) is 4.67. The van der Waals surface area contributed by atoms with Gasteiger partial charge in [0.1, 0.15) is 17.1 Å². The fourth-order valence-electron chi connectivity index (χ4n) is 3.78. The normalized spacial score (nSPS) is 22.9. The Morgan fingerprint density at radius 1 is 1.14 bits per heavy atom. The molecular weight excluding hydrogens is 467 g/mol. The van der Waals surface area contributed by atoms with Crippen LogP contribution in [0.2, 0.25) is 0 Å². The fourth-order valence-corrected chi connectivity index (χ4v) is 4.48. The van der Waals surface area contributed by atoms with Gasteiger partial charge in [-0.25, -0.2) is 0 Å². The van der Waals surface area contributed by atoms with E-state index in [-0.39, 0.29) is 11.3 Å². The van der Waals surface area contributed by atoms with Crippen molar-refractivity contribution in [1.82, 2.24) is 10.2 Å². The minimum Gasteiger partial charge on any atom is -0.406 e. The number of alkyl halides is 3. The van der Waals surface area contributed by atoms with Gasteiger partial charge < -0.3 is 15.0 Å². The van der Waals surface area contributed by atoms with E-state index in [1.54, 1.807) is 12.1 Å². The maximum atomic E-state index is 12.6. The van der Waals surface area contributed by atoms with E-state index < -0.39 is 11.9 Å². The molecular formula is C20H17BrF3N3OS. The first-order valence-corrected chi connectivity index (χ1v) is 10.0. The zero-order valence-electron chi connectivity index (χ0n) is 15.5. The number of halogens is 4. The lowest BCUT2D eigenvalue weighted by atomic mass is 9.82. The standard InChI is InChI=1S/C20H17BrF3N3OS/c1-18(2)11-27-16(25-18)19(26-17(27)29,13-4-3-5-14(21)10-13)12-6-8-15(9-7-12)28-20(22,23)24/h3-10H,11H2,1-2H3,(H,26,29). The number of nitrogens with one attached hydrogen (secondary N) is 1. The van der Waals surface area contributed by atoms with Crippen molar-refractivity contribution in [3.63, 3.8) is 0 Å². The summed E-state index contributed by atoms with van der Waals surface area (Å²) in [4.78, 5) is 6.87. The second-order valence-corrected chi connectivity index (χ2v) is 8.90. The van der Waals surface area contributed by atoms with Crippen LogP contribution in [0.1, 0.15) is 25.0 Å². The number of amidine groups is 1. The maximum absolute atomic E-state index is 12.6. The molecule has 1 atom stereocenters. The Bertz CT molecular complexity index is 1010. The molecule has 1 fully saturated rings. The highest BCUT2D eigenvalue weighted by Crippen LogP contribution is 2.42. The first kappa shape index (κ1) is 20.2. The van der Waals surface area contributed by atoms with Gasteiger partial charge in [0.25, 0.3) is 0 Å². The largest absolute Gasteiger partial charge is 0.573 e. The maximum Gasteiger partial charge on any atom is 0.573 e. The van der Waals surface area contributed by atoms with Crippen molar-refractivity contribution in [1.29, 1.82) is 0 Å². The number of rotatable bonds is 3. The molecule has 0 bridgehead atoms. The van der Waals surface area contributed by atoms with Crippen LogP contribution < -0.4 is 10.1 Å². The molecule has 152 valence electrons. The number of aliphatic imine (C=N–C) groups is 1. The predicted molar refractivity (Wildman–Crippen MR) is 112 cm³/mol. The van der Waals surface area contributed by atoms with Gasteiger partial charge >= 0.3 is 6.36 Å². The smallest absolute Gasteiger partial charge is 0.406 e. The van der Waals surface area contributed by atoms with E-state index >= 15 is 0 Å². The van der Waals surface area contributed by atoms with Crippen molar-refractivity contribution in [3.8, 4) is 5.75 Å². The zero-order chi connectivity index (χ0) is 21.0. The number of thiocarbonyl (C=S) groups is 1. The van der Waals surface area contributed by atoms with Gasteiger partial charge in [0.15, 0.2) is 5.11 Å². The fraction of sp³-hybridized carbons (Fsp3) is 0.300. The second-order valence-electron chi connectivity index (χ2n) is 7.60. The molecule has 2 aromatic rings.